The minimum Gasteiger partial charge on any atom is -0.493 e. The number of methoxy groups -OCH3 is 1. The van der Waals surface area contributed by atoms with Crippen molar-refractivity contribution in [2.24, 2.45) is 0 Å². The van der Waals surface area contributed by atoms with E-state index in [1.54, 1.807) is 25.3 Å². The van der Waals surface area contributed by atoms with Crippen LogP contribution in [0.5, 0.6) is 11.5 Å². The molecule has 2 aromatic carbocycles. The zero-order chi connectivity index (χ0) is 19.6. The Bertz CT molecular complexity index is 776. The Morgan fingerprint density at radius 2 is 1.74 bits per heavy atom. The van der Waals surface area contributed by atoms with Crippen LogP contribution < -0.4 is 14.8 Å². The summed E-state index contributed by atoms with van der Waals surface area (Å²) in [5.41, 5.74) is 1.76. The SMILES string of the molecule is COc1ccc(CCNC(=O)CCC(=O)O)cc1OCc1ccc(F)cc1. The predicted octanol–water partition coefficient (Wildman–Crippen LogP) is 2.94. The van der Waals surface area contributed by atoms with Gasteiger partial charge in [-0.05, 0) is 41.8 Å². The number of amides is 1. The van der Waals surface area contributed by atoms with Crippen molar-refractivity contribution in [2.45, 2.75) is 25.9 Å². The highest BCUT2D eigenvalue weighted by molar-refractivity contribution is 5.80. The number of carboxylic acid groups (broad SMARTS) is 1. The zero-order valence-electron chi connectivity index (χ0n) is 15.0. The Morgan fingerprint density at radius 3 is 2.41 bits per heavy atom. The number of carbonyl (C=O) groups excluding carboxylic acids is 1. The van der Waals surface area contributed by atoms with E-state index in [9.17, 15) is 14.0 Å². The van der Waals surface area contributed by atoms with Crippen molar-refractivity contribution in [2.75, 3.05) is 13.7 Å². The van der Waals surface area contributed by atoms with Crippen molar-refractivity contribution in [1.82, 2.24) is 5.32 Å². The van der Waals surface area contributed by atoms with Crippen molar-refractivity contribution in [1.29, 1.82) is 0 Å². The van der Waals surface area contributed by atoms with E-state index >= 15 is 0 Å². The largest absolute Gasteiger partial charge is 0.493 e. The molecule has 2 N–H and O–H groups in total. The number of carbonyl (C=O) groups is 2. The summed E-state index contributed by atoms with van der Waals surface area (Å²) in [6, 6.07) is 11.5. The molecule has 0 aromatic heterocycles. The van der Waals surface area contributed by atoms with Crippen LogP contribution in [0.25, 0.3) is 0 Å². The van der Waals surface area contributed by atoms with Gasteiger partial charge in [0, 0.05) is 13.0 Å². The third-order valence-electron chi connectivity index (χ3n) is 3.84. The van der Waals surface area contributed by atoms with Crippen LogP contribution in [0.15, 0.2) is 42.5 Å². The molecule has 0 aliphatic carbocycles. The third-order valence-corrected chi connectivity index (χ3v) is 3.84. The predicted molar refractivity (Wildman–Crippen MR) is 97.3 cm³/mol. The van der Waals surface area contributed by atoms with Gasteiger partial charge >= 0.3 is 5.97 Å². The van der Waals surface area contributed by atoms with E-state index in [0.717, 1.165) is 11.1 Å². The molecular formula is C20H22FNO5. The number of nitrogens with one attached hydrogen (secondary N) is 1. The number of carboxylic acids is 1. The van der Waals surface area contributed by atoms with Gasteiger partial charge < -0.3 is 19.9 Å². The number of hydrogen-bond acceptors (Lipinski definition) is 4. The molecule has 0 aliphatic heterocycles. The number of ether oxygens (including phenoxy) is 2. The van der Waals surface area contributed by atoms with Gasteiger partial charge in [-0.2, -0.15) is 0 Å². The van der Waals surface area contributed by atoms with Crippen LogP contribution in [0.1, 0.15) is 24.0 Å². The van der Waals surface area contributed by atoms with Gasteiger partial charge in [0.25, 0.3) is 0 Å². The second kappa shape index (κ2) is 10.2. The molecule has 0 atom stereocenters. The molecule has 0 spiro atoms. The first-order chi connectivity index (χ1) is 13.0. The van der Waals surface area contributed by atoms with Gasteiger partial charge in [0.2, 0.25) is 5.91 Å². The fraction of sp³-hybridized carbons (Fsp3) is 0.300. The molecule has 0 unspecified atom stereocenters. The Morgan fingerprint density at radius 1 is 1.04 bits per heavy atom. The van der Waals surface area contributed by atoms with Crippen molar-refractivity contribution < 1.29 is 28.6 Å². The highest BCUT2D eigenvalue weighted by atomic mass is 19.1. The Kier molecular flexibility index (Phi) is 7.61. The molecule has 0 aliphatic rings. The number of hydrogen-bond donors (Lipinski definition) is 2. The molecule has 7 heteroatoms. The average molecular weight is 375 g/mol. The highest BCUT2D eigenvalue weighted by Crippen LogP contribution is 2.29. The molecule has 27 heavy (non-hydrogen) atoms. The van der Waals surface area contributed by atoms with Crippen LogP contribution in [-0.2, 0) is 22.6 Å². The second-order valence-electron chi connectivity index (χ2n) is 5.89. The molecular weight excluding hydrogens is 353 g/mol. The normalized spacial score (nSPS) is 10.3. The first-order valence-electron chi connectivity index (χ1n) is 8.50. The summed E-state index contributed by atoms with van der Waals surface area (Å²) in [4.78, 5) is 22.0. The minimum absolute atomic E-state index is 0.0377. The lowest BCUT2D eigenvalue weighted by molar-refractivity contribution is -0.138. The molecule has 0 radical (unpaired) electrons. The van der Waals surface area contributed by atoms with Gasteiger partial charge in [-0.15, -0.1) is 0 Å². The van der Waals surface area contributed by atoms with Crippen LogP contribution in [0.3, 0.4) is 0 Å². The van der Waals surface area contributed by atoms with Crippen molar-refractivity contribution >= 4 is 11.9 Å². The van der Waals surface area contributed by atoms with E-state index in [0.29, 0.717) is 24.5 Å². The highest BCUT2D eigenvalue weighted by Gasteiger charge is 2.08. The molecule has 0 bridgehead atoms. The average Bonchev–Trinajstić information content (AvgIpc) is 2.66. The fourth-order valence-electron chi connectivity index (χ4n) is 2.39. The molecule has 1 amide bonds. The summed E-state index contributed by atoms with van der Waals surface area (Å²) in [6.07, 6.45) is 0.343. The number of halogens is 1. The Balaban J connectivity index is 1.90. The molecule has 0 saturated carbocycles. The maximum absolute atomic E-state index is 13.0. The second-order valence-corrected chi connectivity index (χ2v) is 5.89. The smallest absolute Gasteiger partial charge is 0.303 e. The van der Waals surface area contributed by atoms with E-state index in [-0.39, 0.29) is 31.2 Å². The van der Waals surface area contributed by atoms with Gasteiger partial charge in [-0.25, -0.2) is 4.39 Å². The first-order valence-corrected chi connectivity index (χ1v) is 8.50. The monoisotopic (exact) mass is 375 g/mol. The fourth-order valence-corrected chi connectivity index (χ4v) is 2.39. The topological polar surface area (TPSA) is 84.9 Å². The van der Waals surface area contributed by atoms with E-state index < -0.39 is 5.97 Å². The minimum atomic E-state index is -0.997. The van der Waals surface area contributed by atoms with Gasteiger partial charge in [-0.3, -0.25) is 9.59 Å². The van der Waals surface area contributed by atoms with Crippen LogP contribution in [-0.4, -0.2) is 30.6 Å². The standard InChI is InChI=1S/C20H22FNO5/c1-26-17-7-4-14(10-11-22-19(23)8-9-20(24)25)12-18(17)27-13-15-2-5-16(21)6-3-15/h2-7,12H,8-11,13H2,1H3,(H,22,23)(H,24,25). The number of benzene rings is 2. The lowest BCUT2D eigenvalue weighted by Gasteiger charge is -2.13. The third kappa shape index (κ3) is 6.97. The maximum atomic E-state index is 13.0. The zero-order valence-corrected chi connectivity index (χ0v) is 15.0. The lowest BCUT2D eigenvalue weighted by Crippen LogP contribution is -2.26. The summed E-state index contributed by atoms with van der Waals surface area (Å²) in [5.74, 6) is -0.464. The molecule has 144 valence electrons. The van der Waals surface area contributed by atoms with Crippen LogP contribution in [0.4, 0.5) is 4.39 Å². The van der Waals surface area contributed by atoms with Crippen molar-refractivity contribution in [3.63, 3.8) is 0 Å². The Hall–Kier alpha value is -3.09. The van der Waals surface area contributed by atoms with Gasteiger partial charge in [0.05, 0.1) is 13.5 Å². The van der Waals surface area contributed by atoms with E-state index in [2.05, 4.69) is 5.32 Å². The quantitative estimate of drug-likeness (QED) is 0.667. The maximum Gasteiger partial charge on any atom is 0.303 e. The van der Waals surface area contributed by atoms with E-state index in [1.807, 2.05) is 12.1 Å². The summed E-state index contributed by atoms with van der Waals surface area (Å²) < 4.78 is 24.0. The first kappa shape index (κ1) is 20.2. The summed E-state index contributed by atoms with van der Waals surface area (Å²) >= 11 is 0. The molecule has 2 aromatic rings. The summed E-state index contributed by atoms with van der Waals surface area (Å²) in [6.45, 7) is 0.661. The molecule has 0 saturated heterocycles. The van der Waals surface area contributed by atoms with Gasteiger partial charge in [0.1, 0.15) is 12.4 Å². The number of rotatable bonds is 10. The van der Waals surface area contributed by atoms with Gasteiger partial charge in [-0.1, -0.05) is 18.2 Å². The Labute approximate surface area is 156 Å². The van der Waals surface area contributed by atoms with E-state index in [4.69, 9.17) is 14.6 Å². The lowest BCUT2D eigenvalue weighted by atomic mass is 10.1. The summed E-state index contributed by atoms with van der Waals surface area (Å²) in [7, 11) is 1.54. The van der Waals surface area contributed by atoms with Crippen molar-refractivity contribution in [3.05, 3.63) is 59.4 Å². The van der Waals surface area contributed by atoms with Crippen molar-refractivity contribution in [3.8, 4) is 11.5 Å². The molecule has 2 rings (SSSR count). The molecule has 0 heterocycles. The number of aliphatic carboxylic acids is 1. The van der Waals surface area contributed by atoms with Crippen LogP contribution in [0.2, 0.25) is 0 Å². The van der Waals surface area contributed by atoms with E-state index in [1.165, 1.54) is 12.1 Å². The van der Waals surface area contributed by atoms with Crippen LogP contribution in [0, 0.1) is 5.82 Å². The summed E-state index contributed by atoms with van der Waals surface area (Å²) in [5, 5.41) is 11.3. The molecule has 0 fully saturated rings. The molecule has 6 nitrogen and oxygen atoms in total. The van der Waals surface area contributed by atoms with Crippen LogP contribution >= 0.6 is 0 Å². The van der Waals surface area contributed by atoms with Gasteiger partial charge in [0.15, 0.2) is 11.5 Å².